The molecular formula is C9H13N4Y-. The van der Waals surface area contributed by atoms with Gasteiger partial charge in [-0.3, -0.25) is 4.98 Å². The van der Waals surface area contributed by atoms with Crippen LogP contribution < -0.4 is 4.90 Å². The molecule has 1 aliphatic rings. The van der Waals surface area contributed by atoms with Crippen LogP contribution in [0.4, 0.5) is 5.82 Å². The van der Waals surface area contributed by atoms with Gasteiger partial charge in [0.2, 0.25) is 0 Å². The van der Waals surface area contributed by atoms with Gasteiger partial charge in [0.15, 0.2) is 0 Å². The molecule has 1 aromatic rings. The fraction of sp³-hybridized carbons (Fsp3) is 0.556. The Labute approximate surface area is 110 Å². The number of nitrogens with zero attached hydrogens (tertiary/aromatic N) is 4. The largest absolute Gasteiger partial charge is 0.454 e. The summed E-state index contributed by atoms with van der Waals surface area (Å²) in [5.41, 5.74) is 0. The number of piperazine rings is 1. The molecule has 0 unspecified atom stereocenters. The first kappa shape index (κ1) is 12.0. The minimum Gasteiger partial charge on any atom is -0.454 e. The Bertz CT molecular complexity index is 259. The number of anilines is 1. The second-order valence-electron chi connectivity index (χ2n) is 3.29. The summed E-state index contributed by atoms with van der Waals surface area (Å²) in [5, 5.41) is 0. The van der Waals surface area contributed by atoms with Crippen molar-refractivity contribution in [2.24, 2.45) is 0 Å². The zero-order valence-electron chi connectivity index (χ0n) is 8.35. The van der Waals surface area contributed by atoms with Gasteiger partial charge in [0, 0.05) is 58.9 Å². The molecule has 0 N–H and O–H groups in total. The van der Waals surface area contributed by atoms with Crippen molar-refractivity contribution in [3.05, 3.63) is 18.6 Å². The molecule has 1 fully saturated rings. The fourth-order valence-electron chi connectivity index (χ4n) is 1.46. The molecule has 2 heterocycles. The molecule has 5 heteroatoms. The minimum absolute atomic E-state index is 0. The predicted octanol–water partition coefficient (Wildman–Crippen LogP) is 0.0261. The van der Waals surface area contributed by atoms with Crippen LogP contribution in [0.3, 0.4) is 0 Å². The number of hydrogen-bond donors (Lipinski definition) is 0. The summed E-state index contributed by atoms with van der Waals surface area (Å²) in [6.45, 7) is 4.27. The van der Waals surface area contributed by atoms with Gasteiger partial charge in [0.05, 0.1) is 5.82 Å². The van der Waals surface area contributed by atoms with Gasteiger partial charge in [-0.25, -0.2) is 0 Å². The van der Waals surface area contributed by atoms with Crippen LogP contribution in [0.15, 0.2) is 12.4 Å². The van der Waals surface area contributed by atoms with Crippen molar-refractivity contribution in [3.63, 3.8) is 0 Å². The molecule has 0 aromatic carbocycles. The van der Waals surface area contributed by atoms with Crippen molar-refractivity contribution >= 4 is 5.82 Å². The van der Waals surface area contributed by atoms with Gasteiger partial charge in [-0.2, -0.15) is 0 Å². The summed E-state index contributed by atoms with van der Waals surface area (Å²) in [6, 6.07) is 0. The summed E-state index contributed by atoms with van der Waals surface area (Å²) in [4.78, 5) is 12.7. The smallest absolute Gasteiger partial charge is 0.0607 e. The molecule has 1 aliphatic heterocycles. The molecule has 0 aliphatic carbocycles. The van der Waals surface area contributed by atoms with E-state index in [4.69, 9.17) is 0 Å². The first-order chi connectivity index (χ1) is 6.36. The third-order valence-electron chi connectivity index (χ3n) is 2.34. The van der Waals surface area contributed by atoms with E-state index in [-0.39, 0.29) is 32.7 Å². The normalized spacial score (nSPS) is 17.6. The fourth-order valence-corrected chi connectivity index (χ4v) is 1.46. The molecule has 73 valence electrons. The molecule has 1 saturated heterocycles. The summed E-state index contributed by atoms with van der Waals surface area (Å²) in [5.74, 6) is 0.965. The van der Waals surface area contributed by atoms with Crippen LogP contribution in [0.5, 0.6) is 0 Å². The second-order valence-corrected chi connectivity index (χ2v) is 3.29. The molecule has 0 atom stereocenters. The number of hydrogen-bond acceptors (Lipinski definition) is 4. The summed E-state index contributed by atoms with van der Waals surface area (Å²) < 4.78 is 0. The van der Waals surface area contributed by atoms with E-state index in [1.54, 1.807) is 12.4 Å². The van der Waals surface area contributed by atoms with Gasteiger partial charge >= 0.3 is 0 Å². The molecule has 1 aromatic heterocycles. The molecule has 0 amide bonds. The molecule has 0 bridgehead atoms. The van der Waals surface area contributed by atoms with Crippen LogP contribution >= 0.6 is 0 Å². The number of rotatable bonds is 1. The van der Waals surface area contributed by atoms with E-state index in [2.05, 4.69) is 33.0 Å². The Balaban J connectivity index is 0.000000980. The number of likely N-dealkylation sites (N-methyl/N-ethyl adjacent to an activating group) is 1. The quantitative estimate of drug-likeness (QED) is 0.671. The van der Waals surface area contributed by atoms with Gasteiger partial charge in [-0.1, -0.05) is 6.20 Å². The van der Waals surface area contributed by atoms with E-state index in [1.165, 1.54) is 0 Å². The molecule has 1 radical (unpaired) electrons. The first-order valence-electron chi connectivity index (χ1n) is 4.48. The average molecular weight is 266 g/mol. The summed E-state index contributed by atoms with van der Waals surface area (Å²) in [7, 11) is 2.14. The van der Waals surface area contributed by atoms with E-state index in [0.717, 1.165) is 32.0 Å². The van der Waals surface area contributed by atoms with Gasteiger partial charge in [-0.15, -0.1) is 6.20 Å². The van der Waals surface area contributed by atoms with Gasteiger partial charge in [-0.05, 0) is 13.2 Å². The van der Waals surface area contributed by atoms with Crippen LogP contribution in [-0.4, -0.2) is 48.1 Å². The van der Waals surface area contributed by atoms with Crippen molar-refractivity contribution in [3.8, 4) is 0 Å². The van der Waals surface area contributed by atoms with Crippen molar-refractivity contribution in [1.82, 2.24) is 14.9 Å². The third kappa shape index (κ3) is 2.97. The Morgan fingerprint density at radius 2 is 2.00 bits per heavy atom. The van der Waals surface area contributed by atoms with Crippen LogP contribution in [-0.2, 0) is 32.7 Å². The SMILES string of the molecule is CN1CCN(c2cn[c-]cn2)CC1.[Y]. The van der Waals surface area contributed by atoms with E-state index >= 15 is 0 Å². The maximum atomic E-state index is 4.22. The molecule has 0 saturated carbocycles. The van der Waals surface area contributed by atoms with Gasteiger partial charge < -0.3 is 14.8 Å². The number of aromatic nitrogens is 2. The Kier molecular flexibility index (Phi) is 4.92. The standard InChI is InChI=1S/C9H13N4.Y/c1-12-4-6-13(7-5-12)9-8-10-2-3-11-9;/h3,8H,4-7H2,1H3;/q-1;. The van der Waals surface area contributed by atoms with Crippen LogP contribution in [0.1, 0.15) is 0 Å². The monoisotopic (exact) mass is 266 g/mol. The molecule has 2 rings (SSSR count). The van der Waals surface area contributed by atoms with Crippen molar-refractivity contribution in [2.45, 2.75) is 0 Å². The predicted molar refractivity (Wildman–Crippen MR) is 50.6 cm³/mol. The average Bonchev–Trinajstić information content (AvgIpc) is 2.20. The van der Waals surface area contributed by atoms with Crippen LogP contribution in [0.2, 0.25) is 0 Å². The Hall–Kier alpha value is -0.0561. The maximum Gasteiger partial charge on any atom is 0.0607 e. The van der Waals surface area contributed by atoms with Crippen LogP contribution in [0, 0.1) is 6.20 Å². The van der Waals surface area contributed by atoms with E-state index in [0.29, 0.717) is 0 Å². The summed E-state index contributed by atoms with van der Waals surface area (Å²) in [6.07, 6.45) is 6.07. The third-order valence-corrected chi connectivity index (χ3v) is 2.34. The zero-order chi connectivity index (χ0) is 9.10. The zero-order valence-corrected chi connectivity index (χ0v) is 11.2. The van der Waals surface area contributed by atoms with Crippen LogP contribution in [0.25, 0.3) is 0 Å². The van der Waals surface area contributed by atoms with Gasteiger partial charge in [0.1, 0.15) is 0 Å². The molecule has 0 spiro atoms. The Morgan fingerprint density at radius 1 is 1.29 bits per heavy atom. The van der Waals surface area contributed by atoms with Crippen molar-refractivity contribution < 1.29 is 32.7 Å². The summed E-state index contributed by atoms with van der Waals surface area (Å²) >= 11 is 0. The molecule has 14 heavy (non-hydrogen) atoms. The van der Waals surface area contributed by atoms with Crippen molar-refractivity contribution in [1.29, 1.82) is 0 Å². The van der Waals surface area contributed by atoms with E-state index in [9.17, 15) is 0 Å². The topological polar surface area (TPSA) is 32.3 Å². The Morgan fingerprint density at radius 3 is 2.57 bits per heavy atom. The first-order valence-corrected chi connectivity index (χ1v) is 4.48. The van der Waals surface area contributed by atoms with Gasteiger partial charge in [0.25, 0.3) is 0 Å². The van der Waals surface area contributed by atoms with E-state index in [1.807, 2.05) is 0 Å². The minimum atomic E-state index is 0. The molecule has 4 nitrogen and oxygen atoms in total. The second kappa shape index (κ2) is 5.73. The molecular weight excluding hydrogens is 253 g/mol. The maximum absolute atomic E-state index is 4.22. The van der Waals surface area contributed by atoms with E-state index < -0.39 is 0 Å². The van der Waals surface area contributed by atoms with Crippen molar-refractivity contribution in [2.75, 3.05) is 38.1 Å².